The number of carboxylic acids is 1. The van der Waals surface area contributed by atoms with E-state index >= 15 is 0 Å². The Hall–Kier alpha value is -2.29. The van der Waals surface area contributed by atoms with Crippen molar-refractivity contribution in [2.75, 3.05) is 0 Å². The van der Waals surface area contributed by atoms with E-state index in [-0.39, 0.29) is 5.75 Å². The van der Waals surface area contributed by atoms with Crippen molar-refractivity contribution >= 4 is 22.8 Å². The number of aryl methyl sites for hydroxylation is 2. The van der Waals surface area contributed by atoms with Crippen molar-refractivity contribution in [3.63, 3.8) is 0 Å². The van der Waals surface area contributed by atoms with Crippen LogP contribution in [0.25, 0.3) is 16.8 Å². The topological polar surface area (TPSA) is 57.5 Å². The molecule has 0 spiro atoms. The molecule has 0 saturated carbocycles. The Morgan fingerprint density at radius 2 is 1.94 bits per heavy atom. The Kier molecular flexibility index (Phi) is 3.06. The van der Waals surface area contributed by atoms with Gasteiger partial charge < -0.3 is 10.2 Å². The van der Waals surface area contributed by atoms with Crippen molar-refractivity contribution in [1.82, 2.24) is 0 Å². The van der Waals surface area contributed by atoms with Crippen molar-refractivity contribution in [1.29, 1.82) is 0 Å². The molecule has 0 aromatic heterocycles. The summed E-state index contributed by atoms with van der Waals surface area (Å²) < 4.78 is 0. The minimum Gasteiger partial charge on any atom is -0.507 e. The Labute approximate surface area is 105 Å². The summed E-state index contributed by atoms with van der Waals surface area (Å²) in [5.74, 6) is -0.900. The maximum absolute atomic E-state index is 10.5. The number of fused-ring (bicyclic) bond motifs is 1. The van der Waals surface area contributed by atoms with Crippen molar-refractivity contribution < 1.29 is 15.0 Å². The van der Waals surface area contributed by atoms with Crippen LogP contribution in [0, 0.1) is 13.8 Å². The summed E-state index contributed by atoms with van der Waals surface area (Å²) in [7, 11) is 0. The lowest BCUT2D eigenvalue weighted by Gasteiger charge is -2.10. The van der Waals surface area contributed by atoms with Gasteiger partial charge in [0.25, 0.3) is 0 Å². The van der Waals surface area contributed by atoms with E-state index in [2.05, 4.69) is 0 Å². The summed E-state index contributed by atoms with van der Waals surface area (Å²) in [6.45, 7) is 3.87. The number of carboxylic acid groups (broad SMARTS) is 1. The second-order valence-electron chi connectivity index (χ2n) is 4.30. The highest BCUT2D eigenvalue weighted by atomic mass is 16.4. The highest BCUT2D eigenvalue weighted by Gasteiger charge is 2.09. The number of benzene rings is 2. The molecule has 0 saturated heterocycles. The van der Waals surface area contributed by atoms with Crippen LogP contribution in [0.5, 0.6) is 5.75 Å². The number of hydrogen-bond donors (Lipinski definition) is 2. The molecule has 0 aliphatic carbocycles. The molecular weight excluding hydrogens is 228 g/mol. The molecule has 3 heteroatoms. The fraction of sp³-hybridized carbons (Fsp3) is 0.133. The van der Waals surface area contributed by atoms with Crippen LogP contribution in [0.1, 0.15) is 16.7 Å². The average Bonchev–Trinajstić information content (AvgIpc) is 2.31. The summed E-state index contributed by atoms with van der Waals surface area (Å²) in [5.41, 5.74) is 2.51. The predicted molar refractivity (Wildman–Crippen MR) is 71.8 cm³/mol. The van der Waals surface area contributed by atoms with E-state index in [0.29, 0.717) is 5.56 Å². The summed E-state index contributed by atoms with van der Waals surface area (Å²) in [6.07, 6.45) is 2.44. The molecule has 2 aromatic rings. The minimum atomic E-state index is -1.03. The fourth-order valence-electron chi connectivity index (χ4n) is 2.12. The van der Waals surface area contributed by atoms with E-state index in [1.807, 2.05) is 32.0 Å². The summed E-state index contributed by atoms with van der Waals surface area (Å²) in [5, 5.41) is 20.6. The summed E-state index contributed by atoms with van der Waals surface area (Å²) >= 11 is 0. The molecule has 0 atom stereocenters. The van der Waals surface area contributed by atoms with Gasteiger partial charge in [-0.1, -0.05) is 18.2 Å². The molecule has 0 bridgehead atoms. The quantitative estimate of drug-likeness (QED) is 0.795. The molecule has 2 aromatic carbocycles. The van der Waals surface area contributed by atoms with E-state index in [1.54, 1.807) is 6.07 Å². The smallest absolute Gasteiger partial charge is 0.328 e. The highest BCUT2D eigenvalue weighted by molar-refractivity contribution is 5.97. The molecule has 0 fully saturated rings. The summed E-state index contributed by atoms with van der Waals surface area (Å²) in [6, 6.07) is 7.60. The van der Waals surface area contributed by atoms with Gasteiger partial charge in [0.2, 0.25) is 0 Å². The lowest BCUT2D eigenvalue weighted by atomic mass is 9.97. The molecular formula is C15H14O3. The van der Waals surface area contributed by atoms with Gasteiger partial charge in [0.15, 0.2) is 0 Å². The molecule has 3 nitrogen and oxygen atoms in total. The first-order valence-corrected chi connectivity index (χ1v) is 5.63. The van der Waals surface area contributed by atoms with Crippen molar-refractivity contribution in [3.05, 3.63) is 47.0 Å². The van der Waals surface area contributed by atoms with Gasteiger partial charge in [0.05, 0.1) is 0 Å². The third kappa shape index (κ3) is 2.07. The fourth-order valence-corrected chi connectivity index (χ4v) is 2.12. The highest BCUT2D eigenvalue weighted by Crippen LogP contribution is 2.34. The molecule has 2 N–H and O–H groups in total. The van der Waals surface area contributed by atoms with Crippen LogP contribution in [-0.2, 0) is 4.79 Å². The maximum Gasteiger partial charge on any atom is 0.328 e. The molecule has 0 unspecified atom stereocenters. The first-order valence-electron chi connectivity index (χ1n) is 5.63. The van der Waals surface area contributed by atoms with Crippen molar-refractivity contribution in [3.8, 4) is 5.75 Å². The van der Waals surface area contributed by atoms with Gasteiger partial charge >= 0.3 is 5.97 Å². The SMILES string of the molecule is Cc1cc(/C=C/C(=O)O)c(O)c2c(C)cccc12. The second kappa shape index (κ2) is 4.53. The van der Waals surface area contributed by atoms with Gasteiger partial charge in [-0.05, 0) is 42.5 Å². The van der Waals surface area contributed by atoms with E-state index in [4.69, 9.17) is 5.11 Å². The number of hydrogen-bond acceptors (Lipinski definition) is 2. The molecule has 0 aliphatic heterocycles. The minimum absolute atomic E-state index is 0.131. The van der Waals surface area contributed by atoms with Gasteiger partial charge in [-0.15, -0.1) is 0 Å². The molecule has 18 heavy (non-hydrogen) atoms. The van der Waals surface area contributed by atoms with E-state index in [1.165, 1.54) is 6.08 Å². The first kappa shape index (κ1) is 12.2. The zero-order valence-electron chi connectivity index (χ0n) is 10.3. The number of phenolic OH excluding ortho intramolecular Hbond substituents is 1. The monoisotopic (exact) mass is 242 g/mol. The van der Waals surface area contributed by atoms with Crippen LogP contribution < -0.4 is 0 Å². The van der Waals surface area contributed by atoms with Gasteiger partial charge in [0.1, 0.15) is 5.75 Å². The van der Waals surface area contributed by atoms with Crippen LogP contribution in [0.15, 0.2) is 30.3 Å². The Balaban J connectivity index is 2.75. The molecule has 0 radical (unpaired) electrons. The van der Waals surface area contributed by atoms with Gasteiger partial charge in [-0.3, -0.25) is 0 Å². The standard InChI is InChI=1S/C15H14O3/c1-9-4-3-5-12-10(2)8-11(6-7-13(16)17)15(18)14(9)12/h3-8,18H,1-2H3,(H,16,17)/b7-6+. The number of phenols is 1. The van der Waals surface area contributed by atoms with Crippen LogP contribution in [0.4, 0.5) is 0 Å². The Morgan fingerprint density at radius 1 is 1.22 bits per heavy atom. The molecule has 92 valence electrons. The second-order valence-corrected chi connectivity index (χ2v) is 4.30. The molecule has 0 heterocycles. The lowest BCUT2D eigenvalue weighted by Crippen LogP contribution is -1.89. The van der Waals surface area contributed by atoms with E-state index in [0.717, 1.165) is 28.0 Å². The largest absolute Gasteiger partial charge is 0.507 e. The molecule has 0 aliphatic rings. The van der Waals surface area contributed by atoms with E-state index < -0.39 is 5.97 Å². The summed E-state index contributed by atoms with van der Waals surface area (Å²) in [4.78, 5) is 10.5. The van der Waals surface area contributed by atoms with Gasteiger partial charge in [-0.2, -0.15) is 0 Å². The third-order valence-corrected chi connectivity index (χ3v) is 2.99. The average molecular weight is 242 g/mol. The van der Waals surface area contributed by atoms with Crippen molar-refractivity contribution in [2.45, 2.75) is 13.8 Å². The van der Waals surface area contributed by atoms with Crippen LogP contribution in [-0.4, -0.2) is 16.2 Å². The van der Waals surface area contributed by atoms with Gasteiger partial charge in [0, 0.05) is 17.0 Å². The van der Waals surface area contributed by atoms with Crippen LogP contribution in [0.3, 0.4) is 0 Å². The lowest BCUT2D eigenvalue weighted by molar-refractivity contribution is -0.131. The zero-order valence-corrected chi connectivity index (χ0v) is 10.3. The number of carbonyl (C=O) groups is 1. The number of aliphatic carboxylic acids is 1. The molecule has 2 rings (SSSR count). The zero-order chi connectivity index (χ0) is 13.3. The van der Waals surface area contributed by atoms with E-state index in [9.17, 15) is 9.90 Å². The van der Waals surface area contributed by atoms with Crippen LogP contribution in [0.2, 0.25) is 0 Å². The maximum atomic E-state index is 10.5. The molecule has 0 amide bonds. The number of rotatable bonds is 2. The van der Waals surface area contributed by atoms with Crippen molar-refractivity contribution in [2.24, 2.45) is 0 Å². The Morgan fingerprint density at radius 3 is 2.61 bits per heavy atom. The third-order valence-electron chi connectivity index (χ3n) is 2.99. The first-order chi connectivity index (χ1) is 8.50. The van der Waals surface area contributed by atoms with Gasteiger partial charge in [-0.25, -0.2) is 4.79 Å². The Bertz CT molecular complexity index is 654. The predicted octanol–water partition coefficient (Wildman–Crippen LogP) is 3.26. The normalized spacial score (nSPS) is 11.2. The van der Waals surface area contributed by atoms with Crippen LogP contribution >= 0.6 is 0 Å². The number of aromatic hydroxyl groups is 1.